The minimum atomic E-state index is -3.58. The average molecular weight is 361 g/mol. The Balaban J connectivity index is 1.99. The SMILES string of the molecule is CC(C)(C)OC(=O)N[C@H]1CCN(S(=O)(=O)c2ccc(Cl)cc2)C1. The Morgan fingerprint density at radius 2 is 1.91 bits per heavy atom. The lowest BCUT2D eigenvalue weighted by molar-refractivity contribution is 0.0507. The van der Waals surface area contributed by atoms with E-state index >= 15 is 0 Å². The molecule has 6 nitrogen and oxygen atoms in total. The summed E-state index contributed by atoms with van der Waals surface area (Å²) in [5.74, 6) is 0. The van der Waals surface area contributed by atoms with Crippen molar-refractivity contribution in [1.82, 2.24) is 9.62 Å². The molecule has 8 heteroatoms. The summed E-state index contributed by atoms with van der Waals surface area (Å²) in [4.78, 5) is 12.0. The summed E-state index contributed by atoms with van der Waals surface area (Å²) in [5.41, 5.74) is -0.586. The molecule has 0 saturated carbocycles. The second kappa shape index (κ2) is 6.67. The van der Waals surface area contributed by atoms with Crippen molar-refractivity contribution in [2.45, 2.75) is 43.7 Å². The molecule has 2 rings (SSSR count). The Morgan fingerprint density at radius 1 is 1.30 bits per heavy atom. The van der Waals surface area contributed by atoms with E-state index in [0.717, 1.165) is 0 Å². The van der Waals surface area contributed by atoms with Gasteiger partial charge in [0.25, 0.3) is 0 Å². The maximum Gasteiger partial charge on any atom is 0.407 e. The number of amides is 1. The normalized spacial score (nSPS) is 19.6. The van der Waals surface area contributed by atoms with Gasteiger partial charge in [0.05, 0.1) is 4.90 Å². The number of nitrogens with one attached hydrogen (secondary N) is 1. The minimum absolute atomic E-state index is 0.194. The van der Waals surface area contributed by atoms with E-state index in [1.54, 1.807) is 32.9 Å². The predicted octanol–water partition coefficient (Wildman–Crippen LogP) is 2.63. The molecular formula is C15H21ClN2O4S. The van der Waals surface area contributed by atoms with Gasteiger partial charge in [0.1, 0.15) is 5.60 Å². The highest BCUT2D eigenvalue weighted by Crippen LogP contribution is 2.22. The number of ether oxygens (including phenoxy) is 1. The van der Waals surface area contributed by atoms with Gasteiger partial charge in [0.15, 0.2) is 0 Å². The van der Waals surface area contributed by atoms with Crippen molar-refractivity contribution in [2.24, 2.45) is 0 Å². The molecule has 0 unspecified atom stereocenters. The van der Waals surface area contributed by atoms with E-state index < -0.39 is 21.7 Å². The molecule has 1 aliphatic rings. The molecule has 0 spiro atoms. The number of rotatable bonds is 3. The van der Waals surface area contributed by atoms with Crippen LogP contribution in [-0.2, 0) is 14.8 Å². The molecule has 0 aromatic heterocycles. The summed E-state index contributed by atoms with van der Waals surface area (Å²) >= 11 is 5.78. The third-order valence-electron chi connectivity index (χ3n) is 3.32. The zero-order valence-electron chi connectivity index (χ0n) is 13.4. The number of hydrogen-bond acceptors (Lipinski definition) is 4. The maximum absolute atomic E-state index is 12.5. The summed E-state index contributed by atoms with van der Waals surface area (Å²) in [6, 6.07) is 5.78. The third-order valence-corrected chi connectivity index (χ3v) is 5.45. The van der Waals surface area contributed by atoms with Gasteiger partial charge >= 0.3 is 6.09 Å². The van der Waals surface area contributed by atoms with E-state index in [0.29, 0.717) is 18.0 Å². The van der Waals surface area contributed by atoms with E-state index in [1.807, 2.05) is 0 Å². The van der Waals surface area contributed by atoms with Gasteiger partial charge in [-0.15, -0.1) is 0 Å². The van der Waals surface area contributed by atoms with E-state index in [1.165, 1.54) is 16.4 Å². The number of hydrogen-bond donors (Lipinski definition) is 1. The lowest BCUT2D eigenvalue weighted by Gasteiger charge is -2.22. The van der Waals surface area contributed by atoms with Gasteiger partial charge in [0, 0.05) is 24.2 Å². The fourth-order valence-corrected chi connectivity index (χ4v) is 3.92. The van der Waals surface area contributed by atoms with Crippen molar-refractivity contribution in [3.63, 3.8) is 0 Å². The molecule has 1 aromatic rings. The zero-order valence-corrected chi connectivity index (χ0v) is 14.9. The first kappa shape index (κ1) is 18.0. The van der Waals surface area contributed by atoms with E-state index in [-0.39, 0.29) is 17.5 Å². The first-order chi connectivity index (χ1) is 10.6. The molecule has 1 aliphatic heterocycles. The second-order valence-electron chi connectivity index (χ2n) is 6.45. The van der Waals surface area contributed by atoms with Gasteiger partial charge in [-0.05, 0) is 51.5 Å². The molecule has 1 amide bonds. The summed E-state index contributed by atoms with van der Waals surface area (Å²) in [6.45, 7) is 5.91. The van der Waals surface area contributed by atoms with Crippen LogP contribution in [0, 0.1) is 0 Å². The summed E-state index contributed by atoms with van der Waals surface area (Å²) in [7, 11) is -3.58. The van der Waals surface area contributed by atoms with Crippen LogP contribution in [0.2, 0.25) is 5.02 Å². The Bertz CT molecular complexity index is 668. The molecular weight excluding hydrogens is 340 g/mol. The van der Waals surface area contributed by atoms with Gasteiger partial charge in [-0.3, -0.25) is 0 Å². The Labute approximate surface area is 141 Å². The van der Waals surface area contributed by atoms with Crippen LogP contribution in [0.3, 0.4) is 0 Å². The van der Waals surface area contributed by atoms with Crippen molar-refractivity contribution in [3.05, 3.63) is 29.3 Å². The highest BCUT2D eigenvalue weighted by molar-refractivity contribution is 7.89. The molecule has 0 radical (unpaired) electrons. The topological polar surface area (TPSA) is 75.7 Å². The molecule has 1 fully saturated rings. The molecule has 1 saturated heterocycles. The quantitative estimate of drug-likeness (QED) is 0.899. The number of halogens is 1. The number of carbonyl (C=O) groups excluding carboxylic acids is 1. The smallest absolute Gasteiger partial charge is 0.407 e. The van der Waals surface area contributed by atoms with Crippen LogP contribution in [0.25, 0.3) is 0 Å². The Kier molecular flexibility index (Phi) is 5.23. The van der Waals surface area contributed by atoms with Crippen LogP contribution < -0.4 is 5.32 Å². The van der Waals surface area contributed by atoms with Crippen LogP contribution >= 0.6 is 11.6 Å². The molecule has 1 N–H and O–H groups in total. The number of sulfonamides is 1. The summed E-state index contributed by atoms with van der Waals surface area (Å²) < 4.78 is 31.6. The van der Waals surface area contributed by atoms with Crippen LogP contribution in [0.15, 0.2) is 29.2 Å². The van der Waals surface area contributed by atoms with Crippen molar-refractivity contribution < 1.29 is 17.9 Å². The van der Waals surface area contributed by atoms with Crippen molar-refractivity contribution in [3.8, 4) is 0 Å². The highest BCUT2D eigenvalue weighted by Gasteiger charge is 2.33. The first-order valence-electron chi connectivity index (χ1n) is 7.33. The van der Waals surface area contributed by atoms with Crippen LogP contribution in [0.5, 0.6) is 0 Å². The number of alkyl carbamates (subject to hydrolysis) is 1. The lowest BCUT2D eigenvalue weighted by Crippen LogP contribution is -2.41. The molecule has 23 heavy (non-hydrogen) atoms. The van der Waals surface area contributed by atoms with E-state index in [2.05, 4.69) is 5.32 Å². The fourth-order valence-electron chi connectivity index (χ4n) is 2.29. The van der Waals surface area contributed by atoms with Gasteiger partial charge in [-0.1, -0.05) is 11.6 Å². The first-order valence-corrected chi connectivity index (χ1v) is 9.15. The van der Waals surface area contributed by atoms with Crippen molar-refractivity contribution in [2.75, 3.05) is 13.1 Å². The van der Waals surface area contributed by atoms with Gasteiger partial charge in [0.2, 0.25) is 10.0 Å². The van der Waals surface area contributed by atoms with Gasteiger partial charge in [-0.2, -0.15) is 4.31 Å². The molecule has 0 aliphatic carbocycles. The standard InChI is InChI=1S/C15H21ClN2O4S/c1-15(2,3)22-14(19)17-12-8-9-18(10-12)23(20,21)13-6-4-11(16)5-7-13/h4-7,12H,8-10H2,1-3H3,(H,17,19)/t12-/m0/s1. The van der Waals surface area contributed by atoms with E-state index in [4.69, 9.17) is 16.3 Å². The van der Waals surface area contributed by atoms with Crippen LogP contribution in [0.4, 0.5) is 4.79 Å². The molecule has 128 valence electrons. The Hall–Kier alpha value is -1.31. The average Bonchev–Trinajstić information content (AvgIpc) is 2.86. The van der Waals surface area contributed by atoms with Gasteiger partial charge < -0.3 is 10.1 Å². The second-order valence-corrected chi connectivity index (χ2v) is 8.82. The monoisotopic (exact) mass is 360 g/mol. The van der Waals surface area contributed by atoms with Gasteiger partial charge in [-0.25, -0.2) is 13.2 Å². The summed E-state index contributed by atoms with van der Waals surface area (Å²) in [6.07, 6.45) is 0.0136. The minimum Gasteiger partial charge on any atom is -0.444 e. The maximum atomic E-state index is 12.5. The summed E-state index contributed by atoms with van der Waals surface area (Å²) in [5, 5.41) is 3.19. The Morgan fingerprint density at radius 3 is 2.48 bits per heavy atom. The number of benzene rings is 1. The fraction of sp³-hybridized carbons (Fsp3) is 0.533. The molecule has 1 atom stereocenters. The zero-order chi connectivity index (χ0) is 17.3. The molecule has 0 bridgehead atoms. The van der Waals surface area contributed by atoms with Crippen molar-refractivity contribution >= 4 is 27.7 Å². The predicted molar refractivity (Wildman–Crippen MR) is 88.0 cm³/mol. The molecule has 1 aromatic carbocycles. The van der Waals surface area contributed by atoms with Crippen LogP contribution in [0.1, 0.15) is 27.2 Å². The highest BCUT2D eigenvalue weighted by atomic mass is 35.5. The third kappa shape index (κ3) is 4.83. The van der Waals surface area contributed by atoms with E-state index in [9.17, 15) is 13.2 Å². The lowest BCUT2D eigenvalue weighted by atomic mass is 10.2. The largest absolute Gasteiger partial charge is 0.444 e. The number of carbonyl (C=O) groups is 1. The van der Waals surface area contributed by atoms with Crippen molar-refractivity contribution in [1.29, 1.82) is 0 Å². The molecule has 1 heterocycles. The van der Waals surface area contributed by atoms with Crippen LogP contribution in [-0.4, -0.2) is 43.5 Å². The number of nitrogens with zero attached hydrogens (tertiary/aromatic N) is 1.